The lowest BCUT2D eigenvalue weighted by Crippen LogP contribution is -2.26. The summed E-state index contributed by atoms with van der Waals surface area (Å²) in [6, 6.07) is 0. The van der Waals surface area contributed by atoms with Gasteiger partial charge < -0.3 is 14.4 Å². The van der Waals surface area contributed by atoms with E-state index in [1.807, 2.05) is 0 Å². The van der Waals surface area contributed by atoms with Crippen molar-refractivity contribution in [2.24, 2.45) is 0 Å². The number of alkyl halides is 3. The summed E-state index contributed by atoms with van der Waals surface area (Å²) in [6.45, 7) is -1.38. The number of rotatable bonds is 5. The maximum absolute atomic E-state index is 11.8. The van der Waals surface area contributed by atoms with Gasteiger partial charge in [-0.25, -0.2) is 0 Å². The molecule has 1 N–H and O–H groups in total. The molecule has 0 aromatic carbocycles. The molecule has 0 amide bonds. The molecule has 0 aliphatic heterocycles. The summed E-state index contributed by atoms with van der Waals surface area (Å²) in [7, 11) is 0. The summed E-state index contributed by atoms with van der Waals surface area (Å²) in [5, 5.41) is 12.8. The summed E-state index contributed by atoms with van der Waals surface area (Å²) < 4.78 is 44.8. The molecule has 0 saturated heterocycles. The van der Waals surface area contributed by atoms with Crippen LogP contribution in [0.25, 0.3) is 0 Å². The summed E-state index contributed by atoms with van der Waals surface area (Å²) in [5.41, 5.74) is 0. The van der Waals surface area contributed by atoms with Gasteiger partial charge in [0.1, 0.15) is 6.61 Å². The molecule has 1 aliphatic rings. The molecule has 0 radical (unpaired) electrons. The van der Waals surface area contributed by atoms with Crippen LogP contribution in [0.5, 0.6) is 0 Å². The minimum atomic E-state index is -4.31. The van der Waals surface area contributed by atoms with Crippen LogP contribution in [0.1, 0.15) is 30.5 Å². The minimum Gasteiger partial charge on any atom is -0.393 e. The van der Waals surface area contributed by atoms with Crippen LogP contribution in [0.4, 0.5) is 13.2 Å². The third-order valence-corrected chi connectivity index (χ3v) is 2.68. The van der Waals surface area contributed by atoms with Crippen molar-refractivity contribution in [1.82, 2.24) is 10.1 Å². The van der Waals surface area contributed by atoms with Crippen molar-refractivity contribution in [2.75, 3.05) is 13.2 Å². The molecule has 1 fully saturated rings. The van der Waals surface area contributed by atoms with Gasteiger partial charge in [0, 0.05) is 12.3 Å². The van der Waals surface area contributed by atoms with Gasteiger partial charge in [0.25, 0.3) is 0 Å². The molecule has 8 heteroatoms. The molecule has 2 rings (SSSR count). The van der Waals surface area contributed by atoms with Crippen LogP contribution in [0.15, 0.2) is 4.52 Å². The van der Waals surface area contributed by atoms with Crippen molar-refractivity contribution in [3.63, 3.8) is 0 Å². The molecule has 0 atom stereocenters. The molecule has 1 aliphatic carbocycles. The van der Waals surface area contributed by atoms with Gasteiger partial charge in [-0.1, -0.05) is 5.16 Å². The largest absolute Gasteiger partial charge is 0.411 e. The fraction of sp³-hybridized carbons (Fsp3) is 0.800. The number of ether oxygens (including phenoxy) is 1. The first-order valence-electron chi connectivity index (χ1n) is 5.59. The predicted molar refractivity (Wildman–Crippen MR) is 52.9 cm³/mol. The number of halogens is 3. The maximum atomic E-state index is 11.8. The van der Waals surface area contributed by atoms with Crippen molar-refractivity contribution >= 4 is 0 Å². The van der Waals surface area contributed by atoms with E-state index in [0.717, 1.165) is 0 Å². The fourth-order valence-electron chi connectivity index (χ4n) is 1.68. The molecular weight excluding hydrogens is 253 g/mol. The molecule has 5 nitrogen and oxygen atoms in total. The van der Waals surface area contributed by atoms with Crippen molar-refractivity contribution in [1.29, 1.82) is 0 Å². The Morgan fingerprint density at radius 3 is 2.72 bits per heavy atom. The van der Waals surface area contributed by atoms with E-state index in [0.29, 0.717) is 24.6 Å². The lowest BCUT2D eigenvalue weighted by Gasteiger charge is -2.27. The average Bonchev–Trinajstić information content (AvgIpc) is 2.67. The number of hydrogen-bond acceptors (Lipinski definition) is 5. The summed E-state index contributed by atoms with van der Waals surface area (Å²) in [4.78, 5) is 4.05. The van der Waals surface area contributed by atoms with Crippen molar-refractivity contribution < 1.29 is 27.5 Å². The molecule has 0 bridgehead atoms. The Morgan fingerprint density at radius 2 is 2.11 bits per heavy atom. The van der Waals surface area contributed by atoms with Crippen LogP contribution < -0.4 is 0 Å². The number of hydrogen-bond donors (Lipinski definition) is 1. The van der Waals surface area contributed by atoms with Crippen LogP contribution in [0.2, 0.25) is 0 Å². The van der Waals surface area contributed by atoms with E-state index >= 15 is 0 Å². The zero-order chi connectivity index (χ0) is 13.2. The Balaban J connectivity index is 1.70. The molecule has 1 aromatic rings. The molecule has 102 valence electrons. The standard InChI is InChI=1S/C10H13F3N2O3/c11-10(12,13)5-17-2-1-8-14-9(18-15-8)6-3-7(16)4-6/h6-7,16H,1-5H2. The van der Waals surface area contributed by atoms with Gasteiger partial charge in [-0.2, -0.15) is 18.2 Å². The van der Waals surface area contributed by atoms with Gasteiger partial charge in [0.05, 0.1) is 12.7 Å². The van der Waals surface area contributed by atoms with E-state index in [4.69, 9.17) is 9.63 Å². The SMILES string of the molecule is OC1CC(c2nc(CCOCC(F)(F)F)no2)C1. The first kappa shape index (κ1) is 13.3. The summed E-state index contributed by atoms with van der Waals surface area (Å²) >= 11 is 0. The first-order chi connectivity index (χ1) is 8.44. The normalized spacial score (nSPS) is 24.0. The highest BCUT2D eigenvalue weighted by atomic mass is 19.4. The van der Waals surface area contributed by atoms with Gasteiger partial charge in [-0.3, -0.25) is 0 Å². The predicted octanol–water partition coefficient (Wildman–Crippen LogP) is 1.43. The second kappa shape index (κ2) is 5.23. The van der Waals surface area contributed by atoms with E-state index in [9.17, 15) is 13.2 Å². The summed E-state index contributed by atoms with van der Waals surface area (Å²) in [5.74, 6) is 0.831. The average molecular weight is 266 g/mol. The number of aliphatic hydroxyl groups excluding tert-OH is 1. The Labute approximate surface area is 101 Å². The Bertz CT molecular complexity index is 388. The first-order valence-corrected chi connectivity index (χ1v) is 5.59. The van der Waals surface area contributed by atoms with Crippen LogP contribution in [-0.4, -0.2) is 40.7 Å². The molecule has 1 saturated carbocycles. The highest BCUT2D eigenvalue weighted by molar-refractivity contribution is 5.01. The second-order valence-electron chi connectivity index (χ2n) is 4.29. The van der Waals surface area contributed by atoms with Crippen LogP contribution in [0.3, 0.4) is 0 Å². The highest BCUT2D eigenvalue weighted by Crippen LogP contribution is 2.35. The molecule has 18 heavy (non-hydrogen) atoms. The lowest BCUT2D eigenvalue weighted by atomic mass is 9.82. The molecule has 0 unspecified atom stereocenters. The van der Waals surface area contributed by atoms with Gasteiger partial charge in [0.2, 0.25) is 5.89 Å². The highest BCUT2D eigenvalue weighted by Gasteiger charge is 2.33. The van der Waals surface area contributed by atoms with Crippen LogP contribution in [0, 0.1) is 0 Å². The van der Waals surface area contributed by atoms with Gasteiger partial charge in [-0.15, -0.1) is 0 Å². The zero-order valence-corrected chi connectivity index (χ0v) is 9.48. The topological polar surface area (TPSA) is 68.4 Å². The Hall–Kier alpha value is -1.15. The third-order valence-electron chi connectivity index (χ3n) is 2.68. The van der Waals surface area contributed by atoms with Crippen LogP contribution in [-0.2, 0) is 11.2 Å². The quantitative estimate of drug-likeness (QED) is 0.816. The van der Waals surface area contributed by atoms with E-state index in [1.165, 1.54) is 0 Å². The van der Waals surface area contributed by atoms with Crippen LogP contribution >= 0.6 is 0 Å². The van der Waals surface area contributed by atoms with E-state index in [2.05, 4.69) is 14.9 Å². The van der Waals surface area contributed by atoms with E-state index in [1.54, 1.807) is 0 Å². The van der Waals surface area contributed by atoms with Gasteiger partial charge in [0.15, 0.2) is 5.82 Å². The number of aromatic nitrogens is 2. The molecule has 0 spiro atoms. The smallest absolute Gasteiger partial charge is 0.393 e. The number of aliphatic hydroxyl groups is 1. The van der Waals surface area contributed by atoms with E-state index < -0.39 is 12.8 Å². The van der Waals surface area contributed by atoms with Crippen molar-refractivity contribution in [2.45, 2.75) is 37.5 Å². The zero-order valence-electron chi connectivity index (χ0n) is 9.48. The Morgan fingerprint density at radius 1 is 1.39 bits per heavy atom. The Kier molecular flexibility index (Phi) is 3.86. The van der Waals surface area contributed by atoms with Crippen molar-refractivity contribution in [3.05, 3.63) is 11.7 Å². The second-order valence-corrected chi connectivity index (χ2v) is 4.29. The monoisotopic (exact) mass is 266 g/mol. The van der Waals surface area contributed by atoms with Crippen molar-refractivity contribution in [3.8, 4) is 0 Å². The van der Waals surface area contributed by atoms with E-state index in [-0.39, 0.29) is 25.0 Å². The molecule has 1 heterocycles. The minimum absolute atomic E-state index is 0.0670. The maximum Gasteiger partial charge on any atom is 0.411 e. The van der Waals surface area contributed by atoms with Gasteiger partial charge in [-0.05, 0) is 12.8 Å². The number of nitrogens with zero attached hydrogens (tertiary/aromatic N) is 2. The lowest BCUT2D eigenvalue weighted by molar-refractivity contribution is -0.173. The third kappa shape index (κ3) is 3.67. The summed E-state index contributed by atoms with van der Waals surface area (Å²) in [6.07, 6.45) is -3.28. The fourth-order valence-corrected chi connectivity index (χ4v) is 1.68. The molecular formula is C10H13F3N2O3. The van der Waals surface area contributed by atoms with Gasteiger partial charge >= 0.3 is 6.18 Å². The molecule has 1 aromatic heterocycles.